The van der Waals surface area contributed by atoms with Gasteiger partial charge in [-0.3, -0.25) is 9.59 Å². The lowest BCUT2D eigenvalue weighted by molar-refractivity contribution is -0.151. The zero-order valence-electron chi connectivity index (χ0n) is 15.6. The summed E-state index contributed by atoms with van der Waals surface area (Å²) in [5.74, 6) is -0.415. The molecule has 0 aromatic heterocycles. The minimum Gasteiger partial charge on any atom is -0.490 e. The third-order valence-electron chi connectivity index (χ3n) is 3.96. The number of sulfonamides is 1. The van der Waals surface area contributed by atoms with Crippen molar-refractivity contribution in [3.8, 4) is 11.5 Å². The highest BCUT2D eigenvalue weighted by atomic mass is 32.2. The number of benzene rings is 1. The zero-order valence-corrected chi connectivity index (χ0v) is 16.4. The highest BCUT2D eigenvalue weighted by molar-refractivity contribution is 7.89. The van der Waals surface area contributed by atoms with Crippen molar-refractivity contribution in [1.29, 1.82) is 0 Å². The van der Waals surface area contributed by atoms with E-state index in [0.29, 0.717) is 31.1 Å². The second kappa shape index (κ2) is 9.05. The van der Waals surface area contributed by atoms with E-state index in [1.165, 1.54) is 23.1 Å². The monoisotopic (exact) mass is 400 g/mol. The maximum Gasteiger partial charge on any atom is 0.321 e. The summed E-state index contributed by atoms with van der Waals surface area (Å²) in [7, 11) is -2.36. The number of esters is 1. The number of fused-ring (bicyclic) bond motifs is 1. The molecule has 0 saturated heterocycles. The molecule has 0 aliphatic carbocycles. The molecule has 1 aliphatic rings. The molecule has 1 aromatic carbocycles. The molecule has 1 aliphatic heterocycles. The lowest BCUT2D eigenvalue weighted by Gasteiger charge is -2.21. The number of rotatable bonds is 7. The summed E-state index contributed by atoms with van der Waals surface area (Å²) < 4.78 is 42.6. The summed E-state index contributed by atoms with van der Waals surface area (Å²) in [5, 5.41) is 0. The molecule has 27 heavy (non-hydrogen) atoms. The number of carbonyl (C=O) groups is 2. The standard InChI is InChI=1S/C17H24N2O7S/c1-12(2)19(3)16(20)11-26-17(21)10-18-27(22,23)13-5-6-14-15(9-13)25-8-4-7-24-14/h5-6,9,12,18H,4,7-8,10-11H2,1-3H3. The Bertz CT molecular complexity index is 792. The van der Waals surface area contributed by atoms with Gasteiger partial charge in [-0.05, 0) is 26.0 Å². The summed E-state index contributed by atoms with van der Waals surface area (Å²) in [4.78, 5) is 24.9. The first-order valence-corrected chi connectivity index (χ1v) is 9.99. The largest absolute Gasteiger partial charge is 0.490 e. The fourth-order valence-corrected chi connectivity index (χ4v) is 3.12. The van der Waals surface area contributed by atoms with E-state index in [1.807, 2.05) is 13.8 Å². The number of nitrogens with zero attached hydrogens (tertiary/aromatic N) is 1. The van der Waals surface area contributed by atoms with Gasteiger partial charge >= 0.3 is 5.97 Å². The number of amides is 1. The Labute approximate surface area is 158 Å². The average molecular weight is 400 g/mol. The molecular weight excluding hydrogens is 376 g/mol. The molecule has 1 N–H and O–H groups in total. The van der Waals surface area contributed by atoms with E-state index in [2.05, 4.69) is 4.72 Å². The summed E-state index contributed by atoms with van der Waals surface area (Å²) in [6.07, 6.45) is 0.700. The molecule has 0 radical (unpaired) electrons. The Morgan fingerprint density at radius 1 is 1.22 bits per heavy atom. The Hall–Kier alpha value is -2.33. The van der Waals surface area contributed by atoms with E-state index in [4.69, 9.17) is 14.2 Å². The highest BCUT2D eigenvalue weighted by Crippen LogP contribution is 2.31. The minimum atomic E-state index is -3.95. The minimum absolute atomic E-state index is 0.0332. The van der Waals surface area contributed by atoms with Crippen molar-refractivity contribution < 1.29 is 32.2 Å². The maximum absolute atomic E-state index is 12.4. The molecule has 0 spiro atoms. The van der Waals surface area contributed by atoms with Gasteiger partial charge in [0.25, 0.3) is 5.91 Å². The van der Waals surface area contributed by atoms with E-state index < -0.39 is 29.1 Å². The van der Waals surface area contributed by atoms with Gasteiger partial charge in [-0.2, -0.15) is 4.72 Å². The van der Waals surface area contributed by atoms with E-state index in [0.717, 1.165) is 0 Å². The second-order valence-electron chi connectivity index (χ2n) is 6.24. The van der Waals surface area contributed by atoms with Crippen LogP contribution in [0.1, 0.15) is 20.3 Å². The van der Waals surface area contributed by atoms with Crippen LogP contribution in [0.4, 0.5) is 0 Å². The normalized spacial score (nSPS) is 13.8. The number of nitrogens with one attached hydrogen (secondary N) is 1. The molecule has 0 atom stereocenters. The van der Waals surface area contributed by atoms with Crippen LogP contribution in [-0.2, 0) is 24.3 Å². The van der Waals surface area contributed by atoms with Crippen LogP contribution >= 0.6 is 0 Å². The fourth-order valence-electron chi connectivity index (χ4n) is 2.13. The molecule has 1 amide bonds. The smallest absolute Gasteiger partial charge is 0.321 e. The molecule has 2 rings (SSSR count). The van der Waals surface area contributed by atoms with Gasteiger partial charge in [-0.15, -0.1) is 0 Å². The van der Waals surface area contributed by atoms with Crippen molar-refractivity contribution in [1.82, 2.24) is 9.62 Å². The Kier molecular flexibility index (Phi) is 7.03. The van der Waals surface area contributed by atoms with Crippen molar-refractivity contribution in [2.75, 3.05) is 33.4 Å². The maximum atomic E-state index is 12.4. The SMILES string of the molecule is CC(C)N(C)C(=O)COC(=O)CNS(=O)(=O)c1ccc2c(c1)OCCCO2. The summed E-state index contributed by atoms with van der Waals surface area (Å²) in [6.45, 7) is 3.53. The first-order chi connectivity index (χ1) is 12.7. The molecule has 1 aromatic rings. The van der Waals surface area contributed by atoms with Crippen LogP contribution in [0.3, 0.4) is 0 Å². The molecule has 0 saturated carbocycles. The molecule has 150 valence electrons. The molecule has 0 unspecified atom stereocenters. The summed E-state index contributed by atoms with van der Waals surface area (Å²) in [6, 6.07) is 4.18. The summed E-state index contributed by atoms with van der Waals surface area (Å²) >= 11 is 0. The first kappa shape index (κ1) is 21.0. The van der Waals surface area contributed by atoms with Crippen molar-refractivity contribution in [3.05, 3.63) is 18.2 Å². The van der Waals surface area contributed by atoms with Crippen molar-refractivity contribution in [2.24, 2.45) is 0 Å². The van der Waals surface area contributed by atoms with Crippen LogP contribution in [0.5, 0.6) is 11.5 Å². The molecule has 10 heteroatoms. The highest BCUT2D eigenvalue weighted by Gasteiger charge is 2.21. The number of likely N-dealkylation sites (N-methyl/N-ethyl adjacent to an activating group) is 1. The van der Waals surface area contributed by atoms with Gasteiger partial charge in [0.15, 0.2) is 18.1 Å². The quantitative estimate of drug-likeness (QED) is 0.665. The van der Waals surface area contributed by atoms with Crippen LogP contribution in [-0.4, -0.2) is 64.6 Å². The van der Waals surface area contributed by atoms with Crippen molar-refractivity contribution in [2.45, 2.75) is 31.2 Å². The van der Waals surface area contributed by atoms with E-state index in [1.54, 1.807) is 7.05 Å². The summed E-state index contributed by atoms with van der Waals surface area (Å²) in [5.41, 5.74) is 0. The van der Waals surface area contributed by atoms with Gasteiger partial charge in [-0.1, -0.05) is 0 Å². The number of hydrogen-bond acceptors (Lipinski definition) is 7. The number of hydrogen-bond donors (Lipinski definition) is 1. The van der Waals surface area contributed by atoms with Gasteiger partial charge in [0.1, 0.15) is 6.54 Å². The molecule has 1 heterocycles. The average Bonchev–Trinajstić information content (AvgIpc) is 2.88. The molecule has 0 bridgehead atoms. The topological polar surface area (TPSA) is 111 Å². The Morgan fingerprint density at radius 2 is 1.89 bits per heavy atom. The van der Waals surface area contributed by atoms with Gasteiger partial charge in [0.2, 0.25) is 10.0 Å². The Balaban J connectivity index is 1.92. The molecule has 9 nitrogen and oxygen atoms in total. The Morgan fingerprint density at radius 3 is 2.56 bits per heavy atom. The van der Waals surface area contributed by atoms with Gasteiger partial charge in [0.05, 0.1) is 18.1 Å². The number of carbonyl (C=O) groups excluding carboxylic acids is 2. The van der Waals surface area contributed by atoms with Crippen LogP contribution < -0.4 is 14.2 Å². The van der Waals surface area contributed by atoms with Crippen molar-refractivity contribution in [3.63, 3.8) is 0 Å². The third-order valence-corrected chi connectivity index (χ3v) is 5.36. The lowest BCUT2D eigenvalue weighted by Crippen LogP contribution is -2.37. The van der Waals surface area contributed by atoms with Crippen LogP contribution in [0.25, 0.3) is 0 Å². The van der Waals surface area contributed by atoms with E-state index in [9.17, 15) is 18.0 Å². The van der Waals surface area contributed by atoms with Crippen LogP contribution in [0, 0.1) is 0 Å². The third kappa shape index (κ3) is 5.83. The van der Waals surface area contributed by atoms with E-state index in [-0.39, 0.29) is 16.8 Å². The van der Waals surface area contributed by atoms with Gasteiger partial charge < -0.3 is 19.1 Å². The number of ether oxygens (including phenoxy) is 3. The lowest BCUT2D eigenvalue weighted by atomic mass is 10.3. The zero-order chi connectivity index (χ0) is 20.0. The van der Waals surface area contributed by atoms with Gasteiger partial charge in [-0.25, -0.2) is 8.42 Å². The van der Waals surface area contributed by atoms with Gasteiger partial charge in [0, 0.05) is 25.6 Å². The second-order valence-corrected chi connectivity index (χ2v) is 8.01. The fraction of sp³-hybridized carbons (Fsp3) is 0.529. The van der Waals surface area contributed by atoms with E-state index >= 15 is 0 Å². The van der Waals surface area contributed by atoms with Crippen LogP contribution in [0.2, 0.25) is 0 Å². The predicted octanol–water partition coefficient (Wildman–Crippen LogP) is 0.536. The van der Waals surface area contributed by atoms with Crippen LogP contribution in [0.15, 0.2) is 23.1 Å². The molecular formula is C17H24N2O7S. The predicted molar refractivity (Wildman–Crippen MR) is 96.1 cm³/mol. The molecule has 0 fully saturated rings. The van der Waals surface area contributed by atoms with Crippen molar-refractivity contribution >= 4 is 21.9 Å². The first-order valence-electron chi connectivity index (χ1n) is 8.51.